The van der Waals surface area contributed by atoms with Crippen LogP contribution in [0.2, 0.25) is 0 Å². The highest BCUT2D eigenvalue weighted by Gasteiger charge is 2.26. The van der Waals surface area contributed by atoms with E-state index in [0.717, 1.165) is 5.92 Å². The highest BCUT2D eigenvalue weighted by molar-refractivity contribution is 5.33. The van der Waals surface area contributed by atoms with E-state index in [4.69, 9.17) is 0 Å². The Morgan fingerprint density at radius 1 is 1.00 bits per heavy atom. The molecule has 2 rings (SSSR count). The fourth-order valence-electron chi connectivity index (χ4n) is 2.59. The molecule has 0 spiro atoms. The molecule has 0 aliphatic heterocycles. The van der Waals surface area contributed by atoms with Crippen LogP contribution in [0.15, 0.2) is 24.3 Å². The number of aryl methyl sites for hydroxylation is 1. The first-order chi connectivity index (χ1) is 7.27. The lowest BCUT2D eigenvalue weighted by molar-refractivity contribution is 0.378. The summed E-state index contributed by atoms with van der Waals surface area (Å²) in [5.41, 5.74) is 2.81. The molecule has 0 amide bonds. The van der Waals surface area contributed by atoms with Gasteiger partial charge in [0.2, 0.25) is 0 Å². The first kappa shape index (κ1) is 10.6. The van der Waals surface area contributed by atoms with Crippen LogP contribution >= 0.6 is 0 Å². The van der Waals surface area contributed by atoms with Gasteiger partial charge in [-0.15, -0.1) is 0 Å². The average Bonchev–Trinajstić information content (AvgIpc) is 2.30. The second-order valence-electron chi connectivity index (χ2n) is 4.88. The van der Waals surface area contributed by atoms with Crippen LogP contribution in [0.25, 0.3) is 0 Å². The maximum atomic E-state index is 2.32. The van der Waals surface area contributed by atoms with Gasteiger partial charge in [0.25, 0.3) is 0 Å². The van der Waals surface area contributed by atoms with Crippen molar-refractivity contribution >= 4 is 0 Å². The summed E-state index contributed by atoms with van der Waals surface area (Å²) in [4.78, 5) is 0. The zero-order valence-electron chi connectivity index (χ0n) is 9.92. The van der Waals surface area contributed by atoms with Crippen molar-refractivity contribution in [2.75, 3.05) is 0 Å². The van der Waals surface area contributed by atoms with Crippen LogP contribution in [0.5, 0.6) is 0 Å². The van der Waals surface area contributed by atoms with Crippen molar-refractivity contribution < 1.29 is 0 Å². The normalized spacial score (nSPS) is 17.7. The first-order valence-electron chi connectivity index (χ1n) is 6.18. The van der Waals surface area contributed by atoms with E-state index >= 15 is 0 Å². The van der Waals surface area contributed by atoms with Gasteiger partial charge < -0.3 is 0 Å². The summed E-state index contributed by atoms with van der Waals surface area (Å²) in [5.74, 6) is 2.45. The molecule has 0 aromatic heterocycles. The molecular weight excluding hydrogens is 180 g/mol. The number of hydrogen-bond donors (Lipinski definition) is 0. The SMILES string of the molecule is Cc1ccc([C+](C)C2CCCCC2)cc1. The summed E-state index contributed by atoms with van der Waals surface area (Å²) in [6, 6.07) is 9.00. The summed E-state index contributed by atoms with van der Waals surface area (Å²) in [6.45, 7) is 4.47. The van der Waals surface area contributed by atoms with Gasteiger partial charge in [-0.05, 0) is 37.5 Å². The molecule has 80 valence electrons. The summed E-state index contributed by atoms with van der Waals surface area (Å²) in [7, 11) is 0. The van der Waals surface area contributed by atoms with Gasteiger partial charge in [0.05, 0.1) is 0 Å². The Bertz CT molecular complexity index is 290. The van der Waals surface area contributed by atoms with Crippen LogP contribution in [0.3, 0.4) is 0 Å². The van der Waals surface area contributed by atoms with E-state index in [0.29, 0.717) is 0 Å². The van der Waals surface area contributed by atoms with Gasteiger partial charge in [-0.25, -0.2) is 0 Å². The van der Waals surface area contributed by atoms with Crippen molar-refractivity contribution in [2.24, 2.45) is 5.92 Å². The Balaban J connectivity index is 2.05. The van der Waals surface area contributed by atoms with Crippen LogP contribution in [0.4, 0.5) is 0 Å². The minimum absolute atomic E-state index is 0.849. The van der Waals surface area contributed by atoms with Gasteiger partial charge in [0.1, 0.15) is 5.56 Å². The van der Waals surface area contributed by atoms with E-state index in [1.165, 1.54) is 43.2 Å². The van der Waals surface area contributed by atoms with Gasteiger partial charge >= 0.3 is 0 Å². The number of benzene rings is 1. The average molecular weight is 201 g/mol. The largest absolute Gasteiger partial charge is 0.132 e. The van der Waals surface area contributed by atoms with Gasteiger partial charge in [0.15, 0.2) is 0 Å². The minimum atomic E-state index is 0.849. The van der Waals surface area contributed by atoms with E-state index in [-0.39, 0.29) is 0 Å². The lowest BCUT2D eigenvalue weighted by Gasteiger charge is -2.23. The fraction of sp³-hybridized carbons (Fsp3) is 0.533. The second kappa shape index (κ2) is 4.74. The minimum Gasteiger partial charge on any atom is -0.0532 e. The molecule has 1 aromatic carbocycles. The predicted molar refractivity (Wildman–Crippen MR) is 65.8 cm³/mol. The Morgan fingerprint density at radius 2 is 1.60 bits per heavy atom. The second-order valence-corrected chi connectivity index (χ2v) is 4.88. The van der Waals surface area contributed by atoms with Gasteiger partial charge in [0, 0.05) is 30.9 Å². The van der Waals surface area contributed by atoms with Crippen molar-refractivity contribution in [2.45, 2.75) is 46.0 Å². The van der Waals surface area contributed by atoms with E-state index in [1.807, 2.05) is 0 Å². The van der Waals surface area contributed by atoms with Crippen molar-refractivity contribution in [1.82, 2.24) is 0 Å². The molecular formula is C15H21+. The maximum Gasteiger partial charge on any atom is 0.132 e. The molecule has 0 saturated heterocycles. The van der Waals surface area contributed by atoms with Gasteiger partial charge in [-0.2, -0.15) is 0 Å². The third-order valence-corrected chi connectivity index (χ3v) is 3.72. The van der Waals surface area contributed by atoms with E-state index in [1.54, 1.807) is 5.92 Å². The molecule has 0 heteroatoms. The van der Waals surface area contributed by atoms with E-state index < -0.39 is 0 Å². The van der Waals surface area contributed by atoms with Gasteiger partial charge in [-0.1, -0.05) is 19.3 Å². The summed E-state index contributed by atoms with van der Waals surface area (Å²) in [6.07, 6.45) is 7.10. The monoisotopic (exact) mass is 201 g/mol. The van der Waals surface area contributed by atoms with Crippen molar-refractivity contribution in [3.8, 4) is 0 Å². The van der Waals surface area contributed by atoms with Crippen LogP contribution in [0, 0.1) is 18.8 Å². The fourth-order valence-corrected chi connectivity index (χ4v) is 2.59. The summed E-state index contributed by atoms with van der Waals surface area (Å²) in [5, 5.41) is 0. The zero-order valence-corrected chi connectivity index (χ0v) is 9.92. The molecule has 1 aromatic rings. The molecule has 0 radical (unpaired) electrons. The van der Waals surface area contributed by atoms with Crippen LogP contribution in [-0.2, 0) is 0 Å². The molecule has 0 atom stereocenters. The molecule has 1 fully saturated rings. The van der Waals surface area contributed by atoms with Crippen LogP contribution in [0.1, 0.15) is 50.2 Å². The third-order valence-electron chi connectivity index (χ3n) is 3.72. The molecule has 0 bridgehead atoms. The lowest BCUT2D eigenvalue weighted by Crippen LogP contribution is -2.14. The molecule has 0 N–H and O–H groups in total. The molecule has 0 nitrogen and oxygen atoms in total. The highest BCUT2D eigenvalue weighted by Crippen LogP contribution is 2.34. The predicted octanol–water partition coefficient (Wildman–Crippen LogP) is 4.52. The smallest absolute Gasteiger partial charge is 0.0532 e. The quantitative estimate of drug-likeness (QED) is 0.617. The molecule has 0 unspecified atom stereocenters. The van der Waals surface area contributed by atoms with Crippen LogP contribution < -0.4 is 0 Å². The Kier molecular flexibility index (Phi) is 3.35. The molecule has 0 heterocycles. The van der Waals surface area contributed by atoms with E-state index in [9.17, 15) is 0 Å². The Morgan fingerprint density at radius 3 is 2.20 bits per heavy atom. The van der Waals surface area contributed by atoms with Crippen LogP contribution in [-0.4, -0.2) is 0 Å². The lowest BCUT2D eigenvalue weighted by atomic mass is 9.78. The molecule has 1 saturated carbocycles. The number of rotatable bonds is 2. The Labute approximate surface area is 93.7 Å². The third kappa shape index (κ3) is 2.56. The van der Waals surface area contributed by atoms with Crippen molar-refractivity contribution in [3.05, 3.63) is 41.3 Å². The topological polar surface area (TPSA) is 0 Å². The molecule has 1 aliphatic carbocycles. The first-order valence-corrected chi connectivity index (χ1v) is 6.18. The maximum absolute atomic E-state index is 2.32. The summed E-state index contributed by atoms with van der Waals surface area (Å²) >= 11 is 0. The zero-order chi connectivity index (χ0) is 10.7. The standard InChI is InChI=1S/C15H21/c1-12-8-10-15(11-9-12)13(2)14-6-4-3-5-7-14/h8-11,14H,3-7H2,1-2H3/q+1. The highest BCUT2D eigenvalue weighted by atomic mass is 14.3. The molecule has 1 aliphatic rings. The Hall–Kier alpha value is -0.910. The van der Waals surface area contributed by atoms with Gasteiger partial charge in [-0.3, -0.25) is 0 Å². The van der Waals surface area contributed by atoms with E-state index in [2.05, 4.69) is 38.1 Å². The molecule has 15 heavy (non-hydrogen) atoms. The number of hydrogen-bond acceptors (Lipinski definition) is 0. The summed E-state index contributed by atoms with van der Waals surface area (Å²) < 4.78 is 0. The van der Waals surface area contributed by atoms with Crippen molar-refractivity contribution in [1.29, 1.82) is 0 Å². The van der Waals surface area contributed by atoms with Crippen molar-refractivity contribution in [3.63, 3.8) is 0 Å².